The maximum Gasteiger partial charge on any atom is 0.231 e. The molecule has 2 heterocycles. The summed E-state index contributed by atoms with van der Waals surface area (Å²) in [6.07, 6.45) is 0.311. The Hall–Kier alpha value is -1.47. The van der Waals surface area contributed by atoms with Crippen molar-refractivity contribution in [2.24, 2.45) is 10.3 Å². The number of carbonyl (C=O) groups excluding carboxylic acids is 1. The molecule has 7 nitrogen and oxygen atoms in total. The number of hydrogen-bond acceptors (Lipinski definition) is 7. The molecule has 0 aromatic heterocycles. The lowest BCUT2D eigenvalue weighted by molar-refractivity contribution is -0.108. The number of Topliss-reactive ketones (excluding diaryl/α,β-unsaturated/α-hetero) is 1. The predicted octanol–water partition coefficient (Wildman–Crippen LogP) is -0.683. The van der Waals surface area contributed by atoms with Gasteiger partial charge in [-0.1, -0.05) is 10.3 Å². The monoisotopic (exact) mass is 227 g/mol. The van der Waals surface area contributed by atoms with E-state index in [2.05, 4.69) is 10.3 Å². The third-order valence-corrected chi connectivity index (χ3v) is 3.32. The maximum absolute atomic E-state index is 11.8. The molecule has 2 aliphatic heterocycles. The second-order valence-electron chi connectivity index (χ2n) is 3.94. The molecule has 0 unspecified atom stereocenters. The molecule has 0 aromatic carbocycles. The normalized spacial score (nSPS) is 39.9. The lowest BCUT2D eigenvalue weighted by atomic mass is 9.97. The molecule has 0 aromatic rings. The molecule has 88 valence electrons. The van der Waals surface area contributed by atoms with Gasteiger partial charge in [0.1, 0.15) is 11.4 Å². The molecule has 2 N–H and O–H groups in total. The van der Waals surface area contributed by atoms with Gasteiger partial charge >= 0.3 is 0 Å². The van der Waals surface area contributed by atoms with Crippen LogP contribution in [0.1, 0.15) is 6.42 Å². The molecule has 0 spiro atoms. The largest absolute Gasteiger partial charge is 0.410 e. The van der Waals surface area contributed by atoms with Crippen LogP contribution in [0, 0.1) is 0 Å². The summed E-state index contributed by atoms with van der Waals surface area (Å²) in [4.78, 5) is 13.6. The summed E-state index contributed by atoms with van der Waals surface area (Å²) in [5.41, 5.74) is -0.0259. The number of fused-ring (bicyclic) bond motifs is 2. The Kier molecular flexibility index (Phi) is 2.64. The minimum absolute atomic E-state index is 0.00565. The third kappa shape index (κ3) is 1.25. The van der Waals surface area contributed by atoms with Crippen molar-refractivity contribution >= 4 is 17.2 Å². The Morgan fingerprint density at radius 1 is 1.38 bits per heavy atom. The zero-order valence-corrected chi connectivity index (χ0v) is 8.99. The van der Waals surface area contributed by atoms with Crippen molar-refractivity contribution in [3.05, 3.63) is 0 Å². The van der Waals surface area contributed by atoms with E-state index >= 15 is 0 Å². The van der Waals surface area contributed by atoms with Crippen molar-refractivity contribution in [1.82, 2.24) is 4.90 Å². The van der Waals surface area contributed by atoms with Gasteiger partial charge in [-0.05, 0) is 13.5 Å². The van der Waals surface area contributed by atoms with Gasteiger partial charge < -0.3 is 15.2 Å². The van der Waals surface area contributed by atoms with Gasteiger partial charge in [0.05, 0.1) is 18.2 Å². The van der Waals surface area contributed by atoms with E-state index in [4.69, 9.17) is 15.2 Å². The van der Waals surface area contributed by atoms with Gasteiger partial charge in [-0.25, -0.2) is 0 Å². The molecule has 2 bridgehead atoms. The Morgan fingerprint density at radius 3 is 2.50 bits per heavy atom. The minimum atomic E-state index is -0.516. The van der Waals surface area contributed by atoms with E-state index in [1.165, 1.54) is 7.11 Å². The van der Waals surface area contributed by atoms with Gasteiger partial charge in [0.25, 0.3) is 0 Å². The van der Waals surface area contributed by atoms with Crippen LogP contribution >= 0.6 is 0 Å². The standard InChI is InChI=1S/C9H13N3O4/c1-12-4-3-5(16-2)8(12)7(11-15)9(13)6(4)10-14/h4-5,8,14-15H,3H2,1-2H3/t4-,5+,8+/m0/s1. The van der Waals surface area contributed by atoms with Crippen molar-refractivity contribution in [3.8, 4) is 0 Å². The third-order valence-electron chi connectivity index (χ3n) is 3.32. The van der Waals surface area contributed by atoms with E-state index in [1.807, 2.05) is 4.90 Å². The van der Waals surface area contributed by atoms with Gasteiger partial charge in [-0.3, -0.25) is 9.69 Å². The topological polar surface area (TPSA) is 94.7 Å². The Morgan fingerprint density at radius 2 is 2.00 bits per heavy atom. The van der Waals surface area contributed by atoms with E-state index in [0.29, 0.717) is 6.42 Å². The Labute approximate surface area is 92.0 Å². The molecule has 0 radical (unpaired) electrons. The zero-order valence-electron chi connectivity index (χ0n) is 8.99. The average Bonchev–Trinajstić information content (AvgIpc) is 2.54. The summed E-state index contributed by atoms with van der Waals surface area (Å²) in [5.74, 6) is -0.516. The maximum atomic E-state index is 11.8. The highest BCUT2D eigenvalue weighted by Crippen LogP contribution is 2.31. The fraction of sp³-hybridized carbons (Fsp3) is 0.667. The van der Waals surface area contributed by atoms with Crippen LogP contribution in [0.25, 0.3) is 0 Å². The fourth-order valence-corrected chi connectivity index (χ4v) is 2.50. The number of ketones is 1. The van der Waals surface area contributed by atoms with Gasteiger partial charge in [0.15, 0.2) is 0 Å². The first-order valence-corrected chi connectivity index (χ1v) is 4.89. The number of carbonyl (C=O) groups is 1. The van der Waals surface area contributed by atoms with Crippen LogP contribution in [-0.2, 0) is 9.53 Å². The first-order chi connectivity index (χ1) is 7.65. The van der Waals surface area contributed by atoms with Crippen LogP contribution in [0.2, 0.25) is 0 Å². The van der Waals surface area contributed by atoms with Crippen LogP contribution < -0.4 is 0 Å². The lowest BCUT2D eigenvalue weighted by Crippen LogP contribution is -2.55. The van der Waals surface area contributed by atoms with E-state index in [0.717, 1.165) is 0 Å². The summed E-state index contributed by atoms with van der Waals surface area (Å²) < 4.78 is 5.25. The summed E-state index contributed by atoms with van der Waals surface area (Å²) in [6.45, 7) is 0. The number of hydrogen-bond donors (Lipinski definition) is 2. The summed E-state index contributed by atoms with van der Waals surface area (Å²) in [5, 5.41) is 23.7. The Balaban J connectivity index is 2.48. The van der Waals surface area contributed by atoms with Crippen molar-refractivity contribution in [3.63, 3.8) is 0 Å². The summed E-state index contributed by atoms with van der Waals surface area (Å²) in [7, 11) is 3.31. The first-order valence-electron chi connectivity index (χ1n) is 4.89. The first kappa shape index (κ1) is 11.0. The average molecular weight is 227 g/mol. The number of likely N-dealkylation sites (N-methyl/N-ethyl adjacent to an activating group) is 1. The lowest BCUT2D eigenvalue weighted by Gasteiger charge is -2.31. The number of piperidine rings is 1. The highest BCUT2D eigenvalue weighted by atomic mass is 16.5. The van der Waals surface area contributed by atoms with Crippen LogP contribution in [0.15, 0.2) is 10.3 Å². The number of nitrogens with zero attached hydrogens (tertiary/aromatic N) is 3. The molecule has 0 saturated carbocycles. The molecule has 7 heteroatoms. The summed E-state index contributed by atoms with van der Waals surface area (Å²) >= 11 is 0. The number of rotatable bonds is 1. The van der Waals surface area contributed by atoms with Gasteiger partial charge in [0, 0.05) is 7.11 Å². The molecule has 2 saturated heterocycles. The molecule has 0 amide bonds. The SMILES string of the molecule is CO[C@@H]1C[C@H]2C(=NO)C(=O)C(=NO)[C@@H]1N2C. The van der Waals surface area contributed by atoms with E-state index < -0.39 is 5.78 Å². The highest BCUT2D eigenvalue weighted by molar-refractivity contribution is 6.69. The molecular formula is C9H13N3O4. The van der Waals surface area contributed by atoms with Crippen molar-refractivity contribution in [1.29, 1.82) is 0 Å². The molecular weight excluding hydrogens is 214 g/mol. The Bertz CT molecular complexity index is 379. The summed E-state index contributed by atoms with van der Waals surface area (Å²) in [6, 6.07) is -0.657. The van der Waals surface area contributed by atoms with E-state index in [-0.39, 0.29) is 29.6 Å². The fourth-order valence-electron chi connectivity index (χ4n) is 2.50. The minimum Gasteiger partial charge on any atom is -0.410 e. The quantitative estimate of drug-likeness (QED) is 0.457. The molecule has 0 aliphatic carbocycles. The van der Waals surface area contributed by atoms with Gasteiger partial charge in [-0.15, -0.1) is 0 Å². The highest BCUT2D eigenvalue weighted by Gasteiger charge is 2.53. The number of ether oxygens (including phenoxy) is 1. The predicted molar refractivity (Wildman–Crippen MR) is 54.2 cm³/mol. The second kappa shape index (κ2) is 3.84. The molecule has 16 heavy (non-hydrogen) atoms. The molecule has 2 rings (SSSR count). The van der Waals surface area contributed by atoms with Gasteiger partial charge in [-0.2, -0.15) is 0 Å². The van der Waals surface area contributed by atoms with Crippen molar-refractivity contribution < 1.29 is 19.9 Å². The zero-order chi connectivity index (χ0) is 11.9. The number of oxime groups is 2. The van der Waals surface area contributed by atoms with Crippen LogP contribution in [0.3, 0.4) is 0 Å². The van der Waals surface area contributed by atoms with Crippen LogP contribution in [-0.4, -0.2) is 64.9 Å². The van der Waals surface area contributed by atoms with Crippen LogP contribution in [0.5, 0.6) is 0 Å². The molecule has 3 atom stereocenters. The van der Waals surface area contributed by atoms with E-state index in [9.17, 15) is 4.79 Å². The smallest absolute Gasteiger partial charge is 0.231 e. The van der Waals surface area contributed by atoms with E-state index in [1.54, 1.807) is 7.05 Å². The van der Waals surface area contributed by atoms with Crippen LogP contribution in [0.4, 0.5) is 0 Å². The number of methoxy groups -OCH3 is 1. The van der Waals surface area contributed by atoms with Gasteiger partial charge in [0.2, 0.25) is 5.78 Å². The molecule has 2 fully saturated rings. The second-order valence-corrected chi connectivity index (χ2v) is 3.94. The van der Waals surface area contributed by atoms with Crippen molar-refractivity contribution in [2.75, 3.05) is 14.2 Å². The van der Waals surface area contributed by atoms with Crippen molar-refractivity contribution in [2.45, 2.75) is 24.6 Å². The molecule has 2 aliphatic rings.